The van der Waals surface area contributed by atoms with E-state index in [1.165, 1.54) is 30.4 Å². The quantitative estimate of drug-likeness (QED) is 0.886. The first-order chi connectivity index (χ1) is 11.7. The third-order valence-electron chi connectivity index (χ3n) is 4.47. The van der Waals surface area contributed by atoms with Crippen molar-refractivity contribution in [2.24, 2.45) is 0 Å². The minimum atomic E-state index is -0.150. The number of nitrogens with zero attached hydrogens (tertiary/aromatic N) is 2. The molecule has 0 fully saturated rings. The lowest BCUT2D eigenvalue weighted by Crippen LogP contribution is -2.27. The first kappa shape index (κ1) is 16.4. The molecule has 0 saturated heterocycles. The largest absolute Gasteiger partial charge is 0.355 e. The van der Waals surface area contributed by atoms with Gasteiger partial charge in [-0.1, -0.05) is 18.2 Å². The summed E-state index contributed by atoms with van der Waals surface area (Å²) < 4.78 is 0. The van der Waals surface area contributed by atoms with Crippen molar-refractivity contribution >= 4 is 11.9 Å². The average Bonchev–Trinajstić information content (AvgIpc) is 2.62. The van der Waals surface area contributed by atoms with E-state index in [9.17, 15) is 4.79 Å². The Kier molecular flexibility index (Phi) is 5.08. The van der Waals surface area contributed by atoms with Gasteiger partial charge in [-0.3, -0.25) is 4.79 Å². The number of benzene rings is 1. The summed E-state index contributed by atoms with van der Waals surface area (Å²) in [7, 11) is 0. The lowest BCUT2D eigenvalue weighted by Gasteiger charge is -2.20. The summed E-state index contributed by atoms with van der Waals surface area (Å²) in [6.07, 6.45) is 7.96. The first-order valence-electron chi connectivity index (χ1n) is 8.66. The molecule has 0 aliphatic heterocycles. The van der Waals surface area contributed by atoms with E-state index in [0.717, 1.165) is 18.5 Å². The van der Waals surface area contributed by atoms with Gasteiger partial charge in [0.25, 0.3) is 5.91 Å². The summed E-state index contributed by atoms with van der Waals surface area (Å²) in [4.78, 5) is 20.7. The summed E-state index contributed by atoms with van der Waals surface area (Å²) in [6.45, 7) is 4.74. The van der Waals surface area contributed by atoms with E-state index in [1.807, 2.05) is 13.8 Å². The predicted molar refractivity (Wildman–Crippen MR) is 95.2 cm³/mol. The van der Waals surface area contributed by atoms with Gasteiger partial charge >= 0.3 is 0 Å². The van der Waals surface area contributed by atoms with Gasteiger partial charge in [0.15, 0.2) is 0 Å². The van der Waals surface area contributed by atoms with Crippen LogP contribution in [-0.2, 0) is 12.8 Å². The molecular formula is C19H24N4O. The topological polar surface area (TPSA) is 66.9 Å². The molecule has 1 aliphatic carbocycles. The van der Waals surface area contributed by atoms with Crippen molar-refractivity contribution in [2.75, 3.05) is 11.9 Å². The maximum Gasteiger partial charge on any atom is 0.254 e. The second kappa shape index (κ2) is 7.43. The van der Waals surface area contributed by atoms with E-state index in [1.54, 1.807) is 12.4 Å². The van der Waals surface area contributed by atoms with Crippen LogP contribution in [0, 0.1) is 0 Å². The van der Waals surface area contributed by atoms with Gasteiger partial charge in [-0.05, 0) is 56.2 Å². The number of carbonyl (C=O) groups is 1. The Balaban J connectivity index is 1.67. The average molecular weight is 324 g/mol. The standard InChI is InChI=1S/C19H24N4O/c1-3-20-19-21-11-17(12-22-19)18(24)23-13(2)15-9-8-14-6-4-5-7-16(14)10-15/h8-13H,3-7H2,1-2H3,(H,23,24)(H,20,21,22)/t13-/m1/s1. The van der Waals surface area contributed by atoms with Crippen molar-refractivity contribution < 1.29 is 4.79 Å². The molecule has 1 aromatic carbocycles. The van der Waals surface area contributed by atoms with Gasteiger partial charge in [-0.2, -0.15) is 0 Å². The Labute approximate surface area is 142 Å². The van der Waals surface area contributed by atoms with Crippen LogP contribution in [0.2, 0.25) is 0 Å². The lowest BCUT2D eigenvalue weighted by atomic mass is 9.89. The normalized spacial score (nSPS) is 14.6. The Hall–Kier alpha value is -2.43. The molecule has 0 bridgehead atoms. The maximum atomic E-state index is 12.4. The molecule has 1 atom stereocenters. The van der Waals surface area contributed by atoms with Crippen molar-refractivity contribution in [1.82, 2.24) is 15.3 Å². The van der Waals surface area contributed by atoms with E-state index < -0.39 is 0 Å². The number of carbonyl (C=O) groups excluding carboxylic acids is 1. The van der Waals surface area contributed by atoms with E-state index in [0.29, 0.717) is 11.5 Å². The fourth-order valence-corrected chi connectivity index (χ4v) is 3.08. The number of hydrogen-bond acceptors (Lipinski definition) is 4. The molecule has 126 valence electrons. The van der Waals surface area contributed by atoms with Crippen LogP contribution in [0.25, 0.3) is 0 Å². The second-order valence-electron chi connectivity index (χ2n) is 6.26. The third kappa shape index (κ3) is 3.72. The number of rotatable bonds is 5. The van der Waals surface area contributed by atoms with Crippen molar-refractivity contribution in [2.45, 2.75) is 45.6 Å². The highest BCUT2D eigenvalue weighted by atomic mass is 16.1. The molecule has 0 radical (unpaired) electrons. The van der Waals surface area contributed by atoms with E-state index in [-0.39, 0.29) is 11.9 Å². The van der Waals surface area contributed by atoms with E-state index >= 15 is 0 Å². The molecule has 1 aliphatic rings. The number of fused-ring (bicyclic) bond motifs is 1. The molecule has 1 amide bonds. The van der Waals surface area contributed by atoms with Crippen LogP contribution in [0.1, 0.15) is 59.8 Å². The summed E-state index contributed by atoms with van der Waals surface area (Å²) in [5.41, 5.74) is 4.50. The minimum absolute atomic E-state index is 0.0434. The van der Waals surface area contributed by atoms with Crippen LogP contribution in [0.5, 0.6) is 0 Å². The van der Waals surface area contributed by atoms with Gasteiger partial charge in [-0.15, -0.1) is 0 Å². The fraction of sp³-hybridized carbons (Fsp3) is 0.421. The molecule has 0 saturated carbocycles. The zero-order valence-corrected chi connectivity index (χ0v) is 14.3. The van der Waals surface area contributed by atoms with Crippen molar-refractivity contribution in [3.63, 3.8) is 0 Å². The van der Waals surface area contributed by atoms with E-state index in [4.69, 9.17) is 0 Å². The molecule has 2 N–H and O–H groups in total. The smallest absolute Gasteiger partial charge is 0.254 e. The SMILES string of the molecule is CCNc1ncc(C(=O)N[C@H](C)c2ccc3c(c2)CCCC3)cn1. The van der Waals surface area contributed by atoms with Gasteiger partial charge in [-0.25, -0.2) is 9.97 Å². The van der Waals surface area contributed by atoms with Crippen LogP contribution in [0.4, 0.5) is 5.95 Å². The van der Waals surface area contributed by atoms with Crippen LogP contribution in [0.3, 0.4) is 0 Å². The van der Waals surface area contributed by atoms with Gasteiger partial charge in [0.2, 0.25) is 5.95 Å². The molecule has 0 spiro atoms. The Morgan fingerprint density at radius 2 is 1.88 bits per heavy atom. The molecule has 0 unspecified atom stereocenters. The van der Waals surface area contributed by atoms with Crippen molar-refractivity contribution in [3.8, 4) is 0 Å². The van der Waals surface area contributed by atoms with Crippen LogP contribution in [-0.4, -0.2) is 22.4 Å². The molecular weight excluding hydrogens is 300 g/mol. The number of nitrogens with one attached hydrogen (secondary N) is 2. The molecule has 5 heteroatoms. The number of anilines is 1. The highest BCUT2D eigenvalue weighted by molar-refractivity contribution is 5.93. The molecule has 1 heterocycles. The Morgan fingerprint density at radius 3 is 2.58 bits per heavy atom. The maximum absolute atomic E-state index is 12.4. The molecule has 2 aromatic rings. The predicted octanol–water partition coefficient (Wildman–Crippen LogP) is 3.28. The fourth-order valence-electron chi connectivity index (χ4n) is 3.08. The number of hydrogen-bond donors (Lipinski definition) is 2. The van der Waals surface area contributed by atoms with Crippen LogP contribution < -0.4 is 10.6 Å². The minimum Gasteiger partial charge on any atom is -0.355 e. The summed E-state index contributed by atoms with van der Waals surface area (Å²) in [5, 5.41) is 6.05. The van der Waals surface area contributed by atoms with Crippen molar-refractivity contribution in [3.05, 3.63) is 52.8 Å². The zero-order valence-electron chi connectivity index (χ0n) is 14.3. The first-order valence-corrected chi connectivity index (χ1v) is 8.66. The van der Waals surface area contributed by atoms with E-state index in [2.05, 4.69) is 38.8 Å². The molecule has 24 heavy (non-hydrogen) atoms. The monoisotopic (exact) mass is 324 g/mol. The van der Waals surface area contributed by atoms with Crippen molar-refractivity contribution in [1.29, 1.82) is 0 Å². The van der Waals surface area contributed by atoms with Gasteiger partial charge < -0.3 is 10.6 Å². The molecule has 3 rings (SSSR count). The second-order valence-corrected chi connectivity index (χ2v) is 6.26. The highest BCUT2D eigenvalue weighted by Crippen LogP contribution is 2.24. The summed E-state index contributed by atoms with van der Waals surface area (Å²) >= 11 is 0. The van der Waals surface area contributed by atoms with Gasteiger partial charge in [0.05, 0.1) is 11.6 Å². The Bertz CT molecular complexity index is 712. The molecule has 1 aromatic heterocycles. The number of aromatic nitrogens is 2. The summed E-state index contributed by atoms with van der Waals surface area (Å²) in [5.74, 6) is 0.389. The lowest BCUT2D eigenvalue weighted by molar-refractivity contribution is 0.0939. The number of amides is 1. The molecule has 5 nitrogen and oxygen atoms in total. The number of aryl methyl sites for hydroxylation is 2. The third-order valence-corrected chi connectivity index (χ3v) is 4.47. The van der Waals surface area contributed by atoms with Gasteiger partial charge in [0, 0.05) is 18.9 Å². The zero-order chi connectivity index (χ0) is 16.9. The highest BCUT2D eigenvalue weighted by Gasteiger charge is 2.15. The van der Waals surface area contributed by atoms with Crippen LogP contribution >= 0.6 is 0 Å². The Morgan fingerprint density at radius 1 is 1.17 bits per heavy atom. The van der Waals surface area contributed by atoms with Gasteiger partial charge in [0.1, 0.15) is 0 Å². The summed E-state index contributed by atoms with van der Waals surface area (Å²) in [6, 6.07) is 6.53. The van der Waals surface area contributed by atoms with Crippen LogP contribution in [0.15, 0.2) is 30.6 Å².